The number of nitrogens with zero attached hydrogens (tertiary/aromatic N) is 1. The van der Waals surface area contributed by atoms with Crippen LogP contribution in [0.25, 0.3) is 0 Å². The SMILES string of the molecule is OCCOc1cccc(Cl)n1. The van der Waals surface area contributed by atoms with E-state index >= 15 is 0 Å². The molecular weight excluding hydrogens is 166 g/mol. The van der Waals surface area contributed by atoms with Gasteiger partial charge in [-0.2, -0.15) is 0 Å². The van der Waals surface area contributed by atoms with E-state index in [9.17, 15) is 0 Å². The van der Waals surface area contributed by atoms with Crippen LogP contribution in [-0.4, -0.2) is 23.3 Å². The zero-order valence-corrected chi connectivity index (χ0v) is 6.58. The Labute approximate surface area is 69.6 Å². The molecule has 0 aromatic carbocycles. The molecule has 1 rings (SSSR count). The number of ether oxygens (including phenoxy) is 1. The lowest BCUT2D eigenvalue weighted by molar-refractivity contribution is 0.196. The summed E-state index contributed by atoms with van der Waals surface area (Å²) >= 11 is 5.57. The lowest BCUT2D eigenvalue weighted by Crippen LogP contribution is -2.02. The van der Waals surface area contributed by atoms with Gasteiger partial charge < -0.3 is 9.84 Å². The molecule has 0 bridgehead atoms. The monoisotopic (exact) mass is 173 g/mol. The molecule has 60 valence electrons. The first kappa shape index (κ1) is 8.30. The van der Waals surface area contributed by atoms with Crippen LogP contribution in [0, 0.1) is 0 Å². The summed E-state index contributed by atoms with van der Waals surface area (Å²) in [5, 5.41) is 8.80. The summed E-state index contributed by atoms with van der Waals surface area (Å²) in [5.41, 5.74) is 0. The zero-order valence-electron chi connectivity index (χ0n) is 5.83. The van der Waals surface area contributed by atoms with E-state index in [0.717, 1.165) is 0 Å². The van der Waals surface area contributed by atoms with Crippen LogP contribution in [0.1, 0.15) is 0 Å². The van der Waals surface area contributed by atoms with Gasteiger partial charge in [0.25, 0.3) is 0 Å². The highest BCUT2D eigenvalue weighted by Crippen LogP contribution is 2.10. The Morgan fingerprint density at radius 1 is 1.55 bits per heavy atom. The Morgan fingerprint density at radius 3 is 3.00 bits per heavy atom. The van der Waals surface area contributed by atoms with Gasteiger partial charge in [0, 0.05) is 6.07 Å². The van der Waals surface area contributed by atoms with Crippen molar-refractivity contribution >= 4 is 11.6 Å². The maximum atomic E-state index is 8.41. The third kappa shape index (κ3) is 2.74. The van der Waals surface area contributed by atoms with E-state index in [4.69, 9.17) is 21.4 Å². The van der Waals surface area contributed by atoms with Crippen LogP contribution in [0.2, 0.25) is 5.15 Å². The van der Waals surface area contributed by atoms with E-state index in [0.29, 0.717) is 11.0 Å². The second-order valence-corrected chi connectivity index (χ2v) is 2.26. The van der Waals surface area contributed by atoms with Gasteiger partial charge in [-0.15, -0.1) is 0 Å². The highest BCUT2D eigenvalue weighted by Gasteiger charge is 1.93. The van der Waals surface area contributed by atoms with E-state index < -0.39 is 0 Å². The van der Waals surface area contributed by atoms with E-state index in [-0.39, 0.29) is 13.2 Å². The van der Waals surface area contributed by atoms with Crippen molar-refractivity contribution < 1.29 is 9.84 Å². The van der Waals surface area contributed by atoms with Crippen LogP contribution in [0.5, 0.6) is 5.88 Å². The Balaban J connectivity index is 2.56. The van der Waals surface area contributed by atoms with E-state index in [2.05, 4.69) is 4.98 Å². The number of halogens is 1. The molecule has 0 spiro atoms. The first-order valence-corrected chi connectivity index (χ1v) is 3.57. The number of hydrogen-bond acceptors (Lipinski definition) is 3. The van der Waals surface area contributed by atoms with E-state index in [1.165, 1.54) is 0 Å². The molecular formula is C7H8ClNO2. The van der Waals surface area contributed by atoms with E-state index in [1.54, 1.807) is 18.2 Å². The first-order valence-electron chi connectivity index (χ1n) is 3.19. The molecule has 0 saturated carbocycles. The standard InChI is InChI=1S/C7H8ClNO2/c8-6-2-1-3-7(9-6)11-5-4-10/h1-3,10H,4-5H2. The average molecular weight is 174 g/mol. The molecule has 1 aromatic rings. The van der Waals surface area contributed by atoms with Crippen molar-refractivity contribution in [3.05, 3.63) is 23.4 Å². The molecule has 0 atom stereocenters. The third-order valence-electron chi connectivity index (χ3n) is 1.03. The number of pyridine rings is 1. The highest BCUT2D eigenvalue weighted by molar-refractivity contribution is 6.29. The molecule has 0 fully saturated rings. The molecule has 0 aliphatic rings. The van der Waals surface area contributed by atoms with Crippen LogP contribution < -0.4 is 4.74 Å². The number of aromatic nitrogens is 1. The smallest absolute Gasteiger partial charge is 0.214 e. The molecule has 0 unspecified atom stereocenters. The van der Waals surface area contributed by atoms with Gasteiger partial charge in [-0.1, -0.05) is 17.7 Å². The second-order valence-electron chi connectivity index (χ2n) is 1.87. The van der Waals surface area contributed by atoms with Gasteiger partial charge in [0.15, 0.2) is 0 Å². The fourth-order valence-electron chi connectivity index (χ4n) is 0.620. The van der Waals surface area contributed by atoms with Gasteiger partial charge in [-0.05, 0) is 6.07 Å². The minimum Gasteiger partial charge on any atom is -0.475 e. The molecule has 0 amide bonds. The van der Waals surface area contributed by atoms with Gasteiger partial charge in [0.05, 0.1) is 6.61 Å². The average Bonchev–Trinajstić information content (AvgIpc) is 2.01. The van der Waals surface area contributed by atoms with Crippen LogP contribution in [0.4, 0.5) is 0 Å². The lowest BCUT2D eigenvalue weighted by atomic mass is 10.5. The van der Waals surface area contributed by atoms with Crippen LogP contribution in [-0.2, 0) is 0 Å². The zero-order chi connectivity index (χ0) is 8.10. The van der Waals surface area contributed by atoms with Crippen molar-refractivity contribution in [3.63, 3.8) is 0 Å². The van der Waals surface area contributed by atoms with Gasteiger partial charge in [0.2, 0.25) is 5.88 Å². The summed E-state index contributed by atoms with van der Waals surface area (Å²) in [5.74, 6) is 0.437. The van der Waals surface area contributed by atoms with Gasteiger partial charge >= 0.3 is 0 Å². The summed E-state index contributed by atoms with van der Waals surface area (Å²) < 4.78 is 4.99. The van der Waals surface area contributed by atoms with Gasteiger partial charge in [0.1, 0.15) is 11.8 Å². The van der Waals surface area contributed by atoms with Gasteiger partial charge in [-0.3, -0.25) is 0 Å². The van der Waals surface area contributed by atoms with Crippen molar-refractivity contribution in [2.75, 3.05) is 13.2 Å². The molecule has 1 heterocycles. The Morgan fingerprint density at radius 2 is 2.36 bits per heavy atom. The van der Waals surface area contributed by atoms with Crippen molar-refractivity contribution in [3.8, 4) is 5.88 Å². The third-order valence-corrected chi connectivity index (χ3v) is 1.24. The fraction of sp³-hybridized carbons (Fsp3) is 0.286. The fourth-order valence-corrected chi connectivity index (χ4v) is 0.776. The summed E-state index contributed by atoms with van der Waals surface area (Å²) in [6, 6.07) is 5.08. The summed E-state index contributed by atoms with van der Waals surface area (Å²) in [6.45, 7) is 0.224. The van der Waals surface area contributed by atoms with Crippen molar-refractivity contribution in [2.45, 2.75) is 0 Å². The van der Waals surface area contributed by atoms with Crippen LogP contribution in [0.3, 0.4) is 0 Å². The number of aliphatic hydroxyl groups excluding tert-OH is 1. The molecule has 0 aliphatic carbocycles. The number of aliphatic hydroxyl groups is 1. The molecule has 0 aliphatic heterocycles. The Kier molecular flexibility index (Phi) is 3.14. The topological polar surface area (TPSA) is 42.4 Å². The predicted molar refractivity (Wildman–Crippen MR) is 41.8 cm³/mol. The lowest BCUT2D eigenvalue weighted by Gasteiger charge is -2.01. The molecule has 3 nitrogen and oxygen atoms in total. The maximum absolute atomic E-state index is 8.41. The summed E-state index contributed by atoms with van der Waals surface area (Å²) in [6.07, 6.45) is 0. The first-order chi connectivity index (χ1) is 5.33. The normalized spacial score (nSPS) is 9.64. The maximum Gasteiger partial charge on any atom is 0.214 e. The molecule has 0 radical (unpaired) electrons. The molecule has 0 saturated heterocycles. The van der Waals surface area contributed by atoms with Gasteiger partial charge in [-0.25, -0.2) is 4.98 Å². The molecule has 1 N–H and O–H groups in total. The van der Waals surface area contributed by atoms with Crippen molar-refractivity contribution in [2.24, 2.45) is 0 Å². The Hall–Kier alpha value is -0.800. The van der Waals surface area contributed by atoms with Crippen molar-refractivity contribution in [1.29, 1.82) is 0 Å². The minimum atomic E-state index is -0.0196. The minimum absolute atomic E-state index is 0.0196. The van der Waals surface area contributed by atoms with Crippen molar-refractivity contribution in [1.82, 2.24) is 4.98 Å². The van der Waals surface area contributed by atoms with Crippen LogP contribution in [0.15, 0.2) is 18.2 Å². The molecule has 11 heavy (non-hydrogen) atoms. The highest BCUT2D eigenvalue weighted by atomic mass is 35.5. The largest absolute Gasteiger partial charge is 0.475 e. The predicted octanol–water partition coefficient (Wildman–Crippen LogP) is 1.11. The second kappa shape index (κ2) is 4.16. The molecule has 4 heteroatoms. The number of hydrogen-bond donors (Lipinski definition) is 1. The van der Waals surface area contributed by atoms with E-state index in [1.807, 2.05) is 0 Å². The number of rotatable bonds is 3. The Bertz CT molecular complexity index is 229. The van der Waals surface area contributed by atoms with Crippen LogP contribution >= 0.6 is 11.6 Å². The molecule has 1 aromatic heterocycles. The quantitative estimate of drug-likeness (QED) is 0.697. The summed E-state index contributed by atoms with van der Waals surface area (Å²) in [4.78, 5) is 3.84. The summed E-state index contributed by atoms with van der Waals surface area (Å²) in [7, 11) is 0.